The maximum atomic E-state index is 12.6. The summed E-state index contributed by atoms with van der Waals surface area (Å²) in [6.45, 7) is 5.88. The number of halogens is 1. The second-order valence-electron chi connectivity index (χ2n) is 6.25. The van der Waals surface area contributed by atoms with E-state index in [1.54, 1.807) is 38.1 Å². The molecule has 9 heteroatoms. The molecule has 1 N–H and O–H groups in total. The van der Waals surface area contributed by atoms with Crippen LogP contribution in [0.4, 0.5) is 0 Å². The fourth-order valence-corrected chi connectivity index (χ4v) is 3.96. The first kappa shape index (κ1) is 19.8. The van der Waals surface area contributed by atoms with Gasteiger partial charge in [-0.15, -0.1) is 12.4 Å². The summed E-state index contributed by atoms with van der Waals surface area (Å²) in [6.07, 6.45) is 0. The van der Waals surface area contributed by atoms with Crippen LogP contribution in [-0.2, 0) is 9.84 Å². The smallest absolute Gasteiger partial charge is 0.259 e. The van der Waals surface area contributed by atoms with Gasteiger partial charge in [0.15, 0.2) is 15.7 Å². The summed E-state index contributed by atoms with van der Waals surface area (Å²) in [4.78, 5) is 6.85. The summed E-state index contributed by atoms with van der Waals surface area (Å²) in [6, 6.07) is 6.78. The zero-order chi connectivity index (χ0) is 17.3. The zero-order valence-corrected chi connectivity index (χ0v) is 16.1. The highest BCUT2D eigenvalue weighted by Crippen LogP contribution is 2.30. The van der Waals surface area contributed by atoms with Crippen LogP contribution in [0.1, 0.15) is 25.7 Å². The Bertz CT molecular complexity index is 822. The number of hydrogen-bond donors (Lipinski definition) is 1. The summed E-state index contributed by atoms with van der Waals surface area (Å²) >= 11 is 0. The lowest BCUT2D eigenvalue weighted by Gasteiger charge is -2.30. The molecule has 0 spiro atoms. The highest BCUT2D eigenvalue weighted by atomic mass is 35.5. The molecule has 0 radical (unpaired) electrons. The third-order valence-corrected chi connectivity index (χ3v) is 6.51. The first-order chi connectivity index (χ1) is 11.4. The number of likely N-dealkylation sites (N-methyl/N-ethyl adjacent to an activating group) is 1. The molecule has 1 atom stereocenters. The molecule has 1 fully saturated rings. The molecule has 25 heavy (non-hydrogen) atoms. The first-order valence-corrected chi connectivity index (χ1v) is 9.53. The first-order valence-electron chi connectivity index (χ1n) is 7.99. The van der Waals surface area contributed by atoms with Crippen molar-refractivity contribution in [3.63, 3.8) is 0 Å². The van der Waals surface area contributed by atoms with Crippen LogP contribution in [0, 0.1) is 0 Å². The van der Waals surface area contributed by atoms with Crippen LogP contribution in [0.3, 0.4) is 0 Å². The predicted octanol–water partition coefficient (Wildman–Crippen LogP) is 1.92. The number of benzene rings is 1. The molecule has 0 bridgehead atoms. The van der Waals surface area contributed by atoms with E-state index in [2.05, 4.69) is 20.4 Å². The van der Waals surface area contributed by atoms with Gasteiger partial charge in [-0.1, -0.05) is 17.3 Å². The van der Waals surface area contributed by atoms with Crippen molar-refractivity contribution < 1.29 is 12.9 Å². The summed E-state index contributed by atoms with van der Waals surface area (Å²) in [7, 11) is -1.42. The third kappa shape index (κ3) is 3.87. The minimum absolute atomic E-state index is 0. The topological polar surface area (TPSA) is 88.3 Å². The summed E-state index contributed by atoms with van der Waals surface area (Å²) < 4.78 is 30.5. The lowest BCUT2D eigenvalue weighted by molar-refractivity contribution is 0.190. The number of hydrogen-bond acceptors (Lipinski definition) is 7. The average molecular weight is 387 g/mol. The lowest BCUT2D eigenvalue weighted by atomic mass is 10.2. The molecule has 0 amide bonds. The van der Waals surface area contributed by atoms with Crippen LogP contribution in [-0.4, -0.2) is 55.4 Å². The van der Waals surface area contributed by atoms with Crippen molar-refractivity contribution in [3.8, 4) is 11.5 Å². The van der Waals surface area contributed by atoms with Gasteiger partial charge in [0, 0.05) is 19.6 Å². The Hall–Kier alpha value is -1.48. The molecule has 138 valence electrons. The minimum atomic E-state index is -3.43. The minimum Gasteiger partial charge on any atom is -0.334 e. The van der Waals surface area contributed by atoms with Gasteiger partial charge >= 0.3 is 0 Å². The van der Waals surface area contributed by atoms with Crippen molar-refractivity contribution in [2.24, 2.45) is 0 Å². The van der Waals surface area contributed by atoms with Gasteiger partial charge in [0.25, 0.3) is 5.89 Å². The van der Waals surface area contributed by atoms with Gasteiger partial charge in [0.1, 0.15) is 0 Å². The Kier molecular flexibility index (Phi) is 6.21. The van der Waals surface area contributed by atoms with E-state index in [-0.39, 0.29) is 29.2 Å². The summed E-state index contributed by atoms with van der Waals surface area (Å²) in [5.74, 6) is 0.806. The van der Waals surface area contributed by atoms with Gasteiger partial charge in [-0.2, -0.15) is 4.98 Å². The van der Waals surface area contributed by atoms with Gasteiger partial charge in [0.2, 0.25) is 0 Å². The van der Waals surface area contributed by atoms with Crippen LogP contribution in [0.15, 0.2) is 33.7 Å². The molecule has 1 aromatic carbocycles. The van der Waals surface area contributed by atoms with E-state index in [0.29, 0.717) is 11.4 Å². The maximum absolute atomic E-state index is 12.6. The molecule has 0 aliphatic carbocycles. The van der Waals surface area contributed by atoms with E-state index in [1.807, 2.05) is 7.05 Å². The fraction of sp³-hybridized carbons (Fsp3) is 0.500. The van der Waals surface area contributed by atoms with Crippen molar-refractivity contribution in [1.29, 1.82) is 0 Å². The second kappa shape index (κ2) is 7.82. The molecule has 1 aromatic heterocycles. The standard InChI is InChI=1S/C16H22N4O3S.ClH/c1-11(2)24(21,22)14-7-5-4-6-12(14)16-18-15(19-23-16)13-10-17-8-9-20(13)3;/h4-7,11,13,17H,8-10H2,1-3H3;1H. The Labute approximate surface area is 154 Å². The molecule has 1 aliphatic rings. The Morgan fingerprint density at radius 3 is 2.72 bits per heavy atom. The molecule has 7 nitrogen and oxygen atoms in total. The molecule has 1 unspecified atom stereocenters. The summed E-state index contributed by atoms with van der Waals surface area (Å²) in [5, 5.41) is 6.86. The van der Waals surface area contributed by atoms with Crippen molar-refractivity contribution in [3.05, 3.63) is 30.1 Å². The van der Waals surface area contributed by atoms with Crippen LogP contribution in [0.5, 0.6) is 0 Å². The van der Waals surface area contributed by atoms with E-state index < -0.39 is 15.1 Å². The number of nitrogens with one attached hydrogen (secondary N) is 1. The predicted molar refractivity (Wildman–Crippen MR) is 97.5 cm³/mol. The van der Waals surface area contributed by atoms with Crippen molar-refractivity contribution >= 4 is 22.2 Å². The van der Waals surface area contributed by atoms with Crippen molar-refractivity contribution in [1.82, 2.24) is 20.4 Å². The van der Waals surface area contributed by atoms with E-state index in [4.69, 9.17) is 4.52 Å². The Morgan fingerprint density at radius 2 is 2.04 bits per heavy atom. The Balaban J connectivity index is 0.00000225. The molecule has 2 aromatic rings. The summed E-state index contributed by atoms with van der Waals surface area (Å²) in [5.41, 5.74) is 0.455. The second-order valence-corrected chi connectivity index (χ2v) is 8.72. The fourth-order valence-electron chi connectivity index (χ4n) is 2.72. The quantitative estimate of drug-likeness (QED) is 0.858. The van der Waals surface area contributed by atoms with E-state index in [0.717, 1.165) is 19.6 Å². The number of aromatic nitrogens is 2. The lowest BCUT2D eigenvalue weighted by Crippen LogP contribution is -2.44. The number of nitrogens with zero attached hydrogens (tertiary/aromatic N) is 3. The van der Waals surface area contributed by atoms with Crippen LogP contribution >= 0.6 is 12.4 Å². The largest absolute Gasteiger partial charge is 0.334 e. The van der Waals surface area contributed by atoms with Gasteiger partial charge in [-0.05, 0) is 33.0 Å². The molecular formula is C16H23ClN4O3S. The third-order valence-electron chi connectivity index (χ3n) is 4.30. The molecule has 0 saturated carbocycles. The SMILES string of the molecule is CC(C)S(=O)(=O)c1ccccc1-c1nc(C2CNCCN2C)no1.Cl. The highest BCUT2D eigenvalue weighted by Gasteiger charge is 2.28. The van der Waals surface area contributed by atoms with Crippen molar-refractivity contribution in [2.75, 3.05) is 26.7 Å². The number of sulfone groups is 1. The van der Waals surface area contributed by atoms with Crippen LogP contribution in [0.2, 0.25) is 0 Å². The Morgan fingerprint density at radius 1 is 1.32 bits per heavy atom. The number of piperazine rings is 1. The van der Waals surface area contributed by atoms with Crippen molar-refractivity contribution in [2.45, 2.75) is 30.0 Å². The molecule has 1 saturated heterocycles. The number of rotatable bonds is 4. The van der Waals surface area contributed by atoms with Gasteiger partial charge in [-0.25, -0.2) is 8.42 Å². The normalized spacial score (nSPS) is 19.0. The van der Waals surface area contributed by atoms with E-state index in [9.17, 15) is 8.42 Å². The van der Waals surface area contributed by atoms with E-state index in [1.165, 1.54) is 0 Å². The molecule has 1 aliphatic heterocycles. The van der Waals surface area contributed by atoms with Crippen LogP contribution < -0.4 is 5.32 Å². The monoisotopic (exact) mass is 386 g/mol. The van der Waals surface area contributed by atoms with Crippen LogP contribution in [0.25, 0.3) is 11.5 Å². The molecule has 3 rings (SSSR count). The highest BCUT2D eigenvalue weighted by molar-refractivity contribution is 7.92. The maximum Gasteiger partial charge on any atom is 0.259 e. The average Bonchev–Trinajstić information content (AvgIpc) is 3.05. The van der Waals surface area contributed by atoms with Gasteiger partial charge in [-0.3, -0.25) is 4.90 Å². The zero-order valence-electron chi connectivity index (χ0n) is 14.5. The van der Waals surface area contributed by atoms with Gasteiger partial charge in [0.05, 0.1) is 21.8 Å². The van der Waals surface area contributed by atoms with Gasteiger partial charge < -0.3 is 9.84 Å². The van der Waals surface area contributed by atoms with E-state index >= 15 is 0 Å². The molecule has 2 heterocycles. The molecular weight excluding hydrogens is 364 g/mol.